The van der Waals surface area contributed by atoms with Gasteiger partial charge in [0.1, 0.15) is 0 Å². The van der Waals surface area contributed by atoms with Crippen LogP contribution in [0.3, 0.4) is 0 Å². The summed E-state index contributed by atoms with van der Waals surface area (Å²) in [5.74, 6) is 0. The molecule has 0 atom stereocenters. The molecule has 0 heterocycles. The number of carbonyl (C=O) groups excluding carboxylic acids is 1. The molecule has 0 saturated heterocycles. The summed E-state index contributed by atoms with van der Waals surface area (Å²) in [6, 6.07) is 6.00. The lowest BCUT2D eigenvalue weighted by Gasteiger charge is -2.20. The maximum absolute atomic E-state index is 11.1. The van der Waals surface area contributed by atoms with Crippen LogP contribution >= 0.6 is 22.6 Å². The van der Waals surface area contributed by atoms with Crippen molar-refractivity contribution in [3.05, 3.63) is 27.3 Å². The number of amides is 1. The maximum Gasteiger partial charge on any atom is 0.411 e. The van der Waals surface area contributed by atoms with Crippen molar-refractivity contribution in [2.75, 3.05) is 12.4 Å². The highest BCUT2D eigenvalue weighted by Crippen LogP contribution is 2.27. The van der Waals surface area contributed by atoms with Gasteiger partial charge in [-0.2, -0.15) is 0 Å². The number of ether oxygens (including phenoxy) is 1. The molecule has 0 fully saturated rings. The zero-order valence-electron chi connectivity index (χ0n) is 9.93. The fourth-order valence-electron chi connectivity index (χ4n) is 1.24. The molecule has 1 N–H and O–H groups in total. The predicted molar refractivity (Wildman–Crippen MR) is 73.9 cm³/mol. The molecule has 0 aliphatic carbocycles. The van der Waals surface area contributed by atoms with Crippen molar-refractivity contribution in [1.82, 2.24) is 0 Å². The second-order valence-electron chi connectivity index (χ2n) is 4.56. The van der Waals surface area contributed by atoms with Crippen molar-refractivity contribution in [2.24, 2.45) is 0 Å². The van der Waals surface area contributed by atoms with Gasteiger partial charge in [-0.25, -0.2) is 4.79 Å². The average Bonchev–Trinajstić information content (AvgIpc) is 2.19. The quantitative estimate of drug-likeness (QED) is 0.795. The average molecular weight is 333 g/mol. The second-order valence-corrected chi connectivity index (χ2v) is 5.72. The first-order chi connectivity index (χ1) is 7.34. The highest BCUT2D eigenvalue weighted by atomic mass is 127. The minimum atomic E-state index is -0.443. The predicted octanol–water partition coefficient (Wildman–Crippen LogP) is 3.77. The van der Waals surface area contributed by atoms with Gasteiger partial charge in [-0.1, -0.05) is 26.8 Å². The zero-order chi connectivity index (χ0) is 12.3. The number of anilines is 1. The first-order valence-corrected chi connectivity index (χ1v) is 6.07. The molecule has 1 aromatic rings. The van der Waals surface area contributed by atoms with Crippen LogP contribution in [0.5, 0.6) is 0 Å². The van der Waals surface area contributed by atoms with E-state index in [2.05, 4.69) is 59.5 Å². The number of methoxy groups -OCH3 is 1. The molecule has 3 nitrogen and oxygen atoms in total. The lowest BCUT2D eigenvalue weighted by atomic mass is 9.87. The van der Waals surface area contributed by atoms with Gasteiger partial charge in [-0.3, -0.25) is 5.32 Å². The summed E-state index contributed by atoms with van der Waals surface area (Å²) < 4.78 is 5.56. The Labute approximate surface area is 110 Å². The van der Waals surface area contributed by atoms with E-state index in [-0.39, 0.29) is 5.41 Å². The van der Waals surface area contributed by atoms with Crippen LogP contribution in [0.1, 0.15) is 26.3 Å². The van der Waals surface area contributed by atoms with Gasteiger partial charge >= 0.3 is 6.09 Å². The first-order valence-electron chi connectivity index (χ1n) is 4.99. The van der Waals surface area contributed by atoms with Crippen molar-refractivity contribution in [1.29, 1.82) is 0 Å². The Bertz CT molecular complexity index is 396. The Hall–Kier alpha value is -0.780. The molecule has 1 aromatic carbocycles. The van der Waals surface area contributed by atoms with Crippen LogP contribution in [0, 0.1) is 3.57 Å². The normalized spacial score (nSPS) is 11.1. The lowest BCUT2D eigenvalue weighted by molar-refractivity contribution is 0.187. The van der Waals surface area contributed by atoms with E-state index in [1.807, 2.05) is 12.1 Å². The molecule has 16 heavy (non-hydrogen) atoms. The number of carbonyl (C=O) groups is 1. The van der Waals surface area contributed by atoms with Gasteiger partial charge < -0.3 is 4.74 Å². The third kappa shape index (κ3) is 3.37. The van der Waals surface area contributed by atoms with Crippen LogP contribution in [-0.2, 0) is 10.2 Å². The Morgan fingerprint density at radius 2 is 2.00 bits per heavy atom. The minimum Gasteiger partial charge on any atom is -0.453 e. The van der Waals surface area contributed by atoms with Crippen molar-refractivity contribution < 1.29 is 9.53 Å². The van der Waals surface area contributed by atoms with E-state index in [1.165, 1.54) is 12.7 Å². The van der Waals surface area contributed by atoms with Crippen LogP contribution in [0.15, 0.2) is 18.2 Å². The molecule has 1 rings (SSSR count). The van der Waals surface area contributed by atoms with Gasteiger partial charge in [0, 0.05) is 3.57 Å². The standard InChI is InChI=1S/C12H16INO2/c1-12(2,3)8-5-6-10(9(13)7-8)14-11(15)16-4/h5-7H,1-4H3,(H,14,15). The Morgan fingerprint density at radius 1 is 1.38 bits per heavy atom. The number of hydrogen-bond donors (Lipinski definition) is 1. The van der Waals surface area contributed by atoms with E-state index in [1.54, 1.807) is 0 Å². The molecule has 0 spiro atoms. The summed E-state index contributed by atoms with van der Waals surface area (Å²) in [6.45, 7) is 6.48. The molecule has 0 aliphatic rings. The van der Waals surface area contributed by atoms with Gasteiger partial charge in [0.2, 0.25) is 0 Å². The van der Waals surface area contributed by atoms with E-state index in [0.29, 0.717) is 0 Å². The molecule has 0 unspecified atom stereocenters. The highest BCUT2D eigenvalue weighted by Gasteiger charge is 2.15. The Balaban J connectivity index is 2.96. The molecular formula is C12H16INO2. The van der Waals surface area contributed by atoms with Crippen LogP contribution in [0.25, 0.3) is 0 Å². The minimum absolute atomic E-state index is 0.115. The Morgan fingerprint density at radius 3 is 2.44 bits per heavy atom. The molecular weight excluding hydrogens is 317 g/mol. The number of rotatable bonds is 1. The number of hydrogen-bond acceptors (Lipinski definition) is 2. The van der Waals surface area contributed by atoms with Crippen molar-refractivity contribution in [2.45, 2.75) is 26.2 Å². The molecule has 1 amide bonds. The Kier molecular flexibility index (Phi) is 4.18. The summed E-state index contributed by atoms with van der Waals surface area (Å²) in [4.78, 5) is 11.1. The number of halogens is 1. The maximum atomic E-state index is 11.1. The molecule has 4 heteroatoms. The first kappa shape index (κ1) is 13.3. The summed E-state index contributed by atoms with van der Waals surface area (Å²) in [7, 11) is 1.35. The fraction of sp³-hybridized carbons (Fsp3) is 0.417. The summed E-state index contributed by atoms with van der Waals surface area (Å²) in [5, 5.41) is 2.67. The molecule has 0 saturated carbocycles. The molecule has 0 radical (unpaired) electrons. The van der Waals surface area contributed by atoms with Crippen molar-refractivity contribution in [3.8, 4) is 0 Å². The molecule has 0 aliphatic heterocycles. The largest absolute Gasteiger partial charge is 0.453 e. The zero-order valence-corrected chi connectivity index (χ0v) is 12.1. The smallest absolute Gasteiger partial charge is 0.411 e. The van der Waals surface area contributed by atoms with E-state index in [0.717, 1.165) is 9.26 Å². The van der Waals surface area contributed by atoms with Gasteiger partial charge in [0.15, 0.2) is 0 Å². The van der Waals surface area contributed by atoms with Crippen molar-refractivity contribution >= 4 is 34.4 Å². The van der Waals surface area contributed by atoms with E-state index in [4.69, 9.17) is 0 Å². The van der Waals surface area contributed by atoms with E-state index < -0.39 is 6.09 Å². The number of benzene rings is 1. The van der Waals surface area contributed by atoms with Crippen LogP contribution in [0.4, 0.5) is 10.5 Å². The summed E-state index contributed by atoms with van der Waals surface area (Å²) in [5.41, 5.74) is 2.14. The van der Waals surface area contributed by atoms with Gasteiger partial charge in [0.25, 0.3) is 0 Å². The summed E-state index contributed by atoms with van der Waals surface area (Å²) >= 11 is 2.21. The molecule has 88 valence electrons. The van der Waals surface area contributed by atoms with Gasteiger partial charge in [0.05, 0.1) is 12.8 Å². The number of nitrogens with one attached hydrogen (secondary N) is 1. The topological polar surface area (TPSA) is 38.3 Å². The van der Waals surface area contributed by atoms with Crippen LogP contribution in [0.2, 0.25) is 0 Å². The van der Waals surface area contributed by atoms with Gasteiger partial charge in [-0.15, -0.1) is 0 Å². The van der Waals surface area contributed by atoms with E-state index >= 15 is 0 Å². The van der Waals surface area contributed by atoms with Crippen molar-refractivity contribution in [3.63, 3.8) is 0 Å². The SMILES string of the molecule is COC(=O)Nc1ccc(C(C)(C)C)cc1I. The lowest BCUT2D eigenvalue weighted by Crippen LogP contribution is -2.14. The highest BCUT2D eigenvalue weighted by molar-refractivity contribution is 14.1. The van der Waals surface area contributed by atoms with Crippen LogP contribution in [-0.4, -0.2) is 13.2 Å². The molecule has 0 aromatic heterocycles. The molecule has 0 bridgehead atoms. The third-order valence-corrected chi connectivity index (χ3v) is 3.15. The van der Waals surface area contributed by atoms with Gasteiger partial charge in [-0.05, 0) is 45.7 Å². The van der Waals surface area contributed by atoms with E-state index in [9.17, 15) is 4.79 Å². The monoisotopic (exact) mass is 333 g/mol. The second kappa shape index (κ2) is 5.03. The summed E-state index contributed by atoms with van der Waals surface area (Å²) in [6.07, 6.45) is -0.443. The fourth-order valence-corrected chi connectivity index (χ4v) is 1.89. The van der Waals surface area contributed by atoms with Crippen LogP contribution < -0.4 is 5.32 Å². The third-order valence-electron chi connectivity index (χ3n) is 2.26.